The van der Waals surface area contributed by atoms with E-state index in [1.807, 2.05) is 0 Å². The summed E-state index contributed by atoms with van der Waals surface area (Å²) in [4.78, 5) is 11.0. The number of hydrogen-bond acceptors (Lipinski definition) is 5. The van der Waals surface area contributed by atoms with Gasteiger partial charge in [-0.05, 0) is 18.2 Å². The van der Waals surface area contributed by atoms with Crippen molar-refractivity contribution in [3.63, 3.8) is 0 Å². The van der Waals surface area contributed by atoms with Gasteiger partial charge in [-0.2, -0.15) is 0 Å². The van der Waals surface area contributed by atoms with Crippen LogP contribution in [0.4, 0.5) is 15.9 Å². The Morgan fingerprint density at radius 1 is 1.37 bits per heavy atom. The van der Waals surface area contributed by atoms with Crippen molar-refractivity contribution in [1.82, 2.24) is 10.2 Å². The van der Waals surface area contributed by atoms with E-state index in [-0.39, 0.29) is 17.3 Å². The number of carboxylic acid groups (broad SMARTS) is 1. The highest BCUT2D eigenvalue weighted by molar-refractivity contribution is 5.91. The molecule has 0 aliphatic heterocycles. The van der Waals surface area contributed by atoms with Crippen LogP contribution >= 0.6 is 0 Å². The average molecular weight is 263 g/mol. The molecule has 1 aromatic heterocycles. The first kappa shape index (κ1) is 12.7. The minimum Gasteiger partial charge on any atom is -0.479 e. The first-order valence-electron chi connectivity index (χ1n) is 5.28. The number of nitrogens with zero attached hydrogens (tertiary/aromatic N) is 2. The summed E-state index contributed by atoms with van der Waals surface area (Å²) in [5.74, 6) is -1.50. The second kappa shape index (κ2) is 5.30. The molecule has 0 saturated heterocycles. The van der Waals surface area contributed by atoms with Crippen molar-refractivity contribution < 1.29 is 19.0 Å². The van der Waals surface area contributed by atoms with Crippen molar-refractivity contribution >= 4 is 17.5 Å². The minimum atomic E-state index is -1.19. The van der Waals surface area contributed by atoms with Crippen LogP contribution in [0, 0.1) is 5.82 Å². The number of ether oxygens (including phenoxy) is 1. The first-order chi connectivity index (χ1) is 9.10. The van der Waals surface area contributed by atoms with Crippen LogP contribution in [-0.2, 0) is 0 Å². The maximum Gasteiger partial charge on any atom is 0.341 e. The lowest BCUT2D eigenvalue weighted by Gasteiger charge is -2.07. The highest BCUT2D eigenvalue weighted by Crippen LogP contribution is 2.20. The van der Waals surface area contributed by atoms with Crippen LogP contribution in [0.1, 0.15) is 10.4 Å². The number of carbonyl (C=O) groups is 1. The van der Waals surface area contributed by atoms with Crippen LogP contribution in [0.2, 0.25) is 0 Å². The van der Waals surface area contributed by atoms with Gasteiger partial charge in [0.25, 0.3) is 0 Å². The van der Waals surface area contributed by atoms with Crippen LogP contribution in [0.3, 0.4) is 0 Å². The molecule has 98 valence electrons. The van der Waals surface area contributed by atoms with E-state index in [9.17, 15) is 9.18 Å². The van der Waals surface area contributed by atoms with Gasteiger partial charge in [-0.15, -0.1) is 10.2 Å². The van der Waals surface area contributed by atoms with Crippen molar-refractivity contribution in [2.75, 3.05) is 12.4 Å². The first-order valence-corrected chi connectivity index (χ1v) is 5.28. The molecule has 7 heteroatoms. The Balaban J connectivity index is 2.31. The van der Waals surface area contributed by atoms with E-state index >= 15 is 0 Å². The summed E-state index contributed by atoms with van der Waals surface area (Å²) in [5.41, 5.74) is 0.312. The molecule has 0 bridgehead atoms. The fourth-order valence-electron chi connectivity index (χ4n) is 1.46. The van der Waals surface area contributed by atoms with Gasteiger partial charge in [-0.25, -0.2) is 9.18 Å². The molecule has 1 heterocycles. The fraction of sp³-hybridized carbons (Fsp3) is 0.0833. The number of benzene rings is 1. The molecule has 0 aliphatic rings. The Hall–Kier alpha value is -2.70. The quantitative estimate of drug-likeness (QED) is 0.878. The summed E-state index contributed by atoms with van der Waals surface area (Å²) in [6.07, 6.45) is 0. The van der Waals surface area contributed by atoms with E-state index in [2.05, 4.69) is 15.5 Å². The van der Waals surface area contributed by atoms with E-state index < -0.39 is 11.8 Å². The topological polar surface area (TPSA) is 84.3 Å². The van der Waals surface area contributed by atoms with E-state index in [0.29, 0.717) is 5.69 Å². The van der Waals surface area contributed by atoms with Gasteiger partial charge >= 0.3 is 5.97 Å². The molecular weight excluding hydrogens is 253 g/mol. The van der Waals surface area contributed by atoms with Gasteiger partial charge < -0.3 is 15.2 Å². The average Bonchev–Trinajstić information content (AvgIpc) is 2.38. The molecule has 0 fully saturated rings. The van der Waals surface area contributed by atoms with Crippen molar-refractivity contribution in [1.29, 1.82) is 0 Å². The molecule has 1 aromatic carbocycles. The third-order valence-electron chi connectivity index (χ3n) is 2.28. The lowest BCUT2D eigenvalue weighted by atomic mass is 10.2. The summed E-state index contributed by atoms with van der Waals surface area (Å²) in [7, 11) is 1.30. The fourth-order valence-corrected chi connectivity index (χ4v) is 1.46. The number of nitrogens with one attached hydrogen (secondary N) is 1. The van der Waals surface area contributed by atoms with E-state index in [4.69, 9.17) is 9.84 Å². The summed E-state index contributed by atoms with van der Waals surface area (Å²) < 4.78 is 17.8. The van der Waals surface area contributed by atoms with Gasteiger partial charge in [0.15, 0.2) is 5.82 Å². The summed E-state index contributed by atoms with van der Waals surface area (Å²) in [5, 5.41) is 19.1. The lowest BCUT2D eigenvalue weighted by Crippen LogP contribution is -2.06. The van der Waals surface area contributed by atoms with Crippen molar-refractivity contribution in [3.05, 3.63) is 41.7 Å². The predicted octanol–water partition coefficient (Wildman–Crippen LogP) is 2.07. The Morgan fingerprint density at radius 2 is 2.16 bits per heavy atom. The third kappa shape index (κ3) is 2.95. The number of aromatic carboxylic acids is 1. The molecule has 19 heavy (non-hydrogen) atoms. The van der Waals surface area contributed by atoms with Gasteiger partial charge in [-0.3, -0.25) is 0 Å². The molecule has 0 spiro atoms. The Kier molecular flexibility index (Phi) is 3.56. The lowest BCUT2D eigenvalue weighted by molar-refractivity contribution is 0.0692. The van der Waals surface area contributed by atoms with E-state index in [1.165, 1.54) is 31.4 Å². The molecule has 2 aromatic rings. The van der Waals surface area contributed by atoms with Crippen LogP contribution in [0.25, 0.3) is 0 Å². The van der Waals surface area contributed by atoms with E-state index in [1.54, 1.807) is 6.07 Å². The summed E-state index contributed by atoms with van der Waals surface area (Å²) in [6.45, 7) is 0. The van der Waals surface area contributed by atoms with Gasteiger partial charge in [0.2, 0.25) is 5.88 Å². The second-order valence-corrected chi connectivity index (χ2v) is 3.59. The largest absolute Gasteiger partial charge is 0.479 e. The number of methoxy groups -OCH3 is 1. The summed E-state index contributed by atoms with van der Waals surface area (Å²) >= 11 is 0. The second-order valence-electron chi connectivity index (χ2n) is 3.59. The molecule has 0 atom stereocenters. The maximum atomic E-state index is 13.0. The third-order valence-corrected chi connectivity index (χ3v) is 2.28. The number of rotatable bonds is 4. The zero-order valence-electron chi connectivity index (χ0n) is 9.92. The monoisotopic (exact) mass is 263 g/mol. The van der Waals surface area contributed by atoms with Crippen molar-refractivity contribution in [2.24, 2.45) is 0 Å². The molecule has 0 radical (unpaired) electrons. The highest BCUT2D eigenvalue weighted by Gasteiger charge is 2.14. The Bertz CT molecular complexity index is 619. The Morgan fingerprint density at radius 3 is 2.79 bits per heavy atom. The van der Waals surface area contributed by atoms with Crippen LogP contribution in [0.5, 0.6) is 5.88 Å². The number of anilines is 2. The Labute approximate surface area is 107 Å². The smallest absolute Gasteiger partial charge is 0.341 e. The van der Waals surface area contributed by atoms with Gasteiger partial charge in [0.1, 0.15) is 11.4 Å². The van der Waals surface area contributed by atoms with Crippen LogP contribution in [0.15, 0.2) is 30.3 Å². The molecule has 2 rings (SSSR count). The predicted molar refractivity (Wildman–Crippen MR) is 65.2 cm³/mol. The standard InChI is InChI=1S/C12H10FN3O3/c1-19-11-9(12(17)18)6-10(15-16-11)14-8-4-2-3-7(13)5-8/h2-6H,1H3,(H,14,15)(H,17,18). The molecule has 0 saturated carbocycles. The van der Waals surface area contributed by atoms with Crippen LogP contribution < -0.4 is 10.1 Å². The van der Waals surface area contributed by atoms with Gasteiger partial charge in [0, 0.05) is 11.8 Å². The summed E-state index contributed by atoms with van der Waals surface area (Å²) in [6, 6.07) is 6.96. The number of aromatic nitrogens is 2. The van der Waals surface area contributed by atoms with Crippen molar-refractivity contribution in [3.8, 4) is 5.88 Å². The zero-order chi connectivity index (χ0) is 13.8. The molecule has 0 aliphatic carbocycles. The van der Waals surface area contributed by atoms with Crippen LogP contribution in [-0.4, -0.2) is 28.4 Å². The van der Waals surface area contributed by atoms with Gasteiger partial charge in [-0.1, -0.05) is 6.07 Å². The molecule has 0 amide bonds. The van der Waals surface area contributed by atoms with Gasteiger partial charge in [0.05, 0.1) is 7.11 Å². The van der Waals surface area contributed by atoms with E-state index in [0.717, 1.165) is 0 Å². The zero-order valence-corrected chi connectivity index (χ0v) is 9.92. The normalized spacial score (nSPS) is 10.0. The highest BCUT2D eigenvalue weighted by atomic mass is 19.1. The molecular formula is C12H10FN3O3. The molecule has 2 N–H and O–H groups in total. The maximum absolute atomic E-state index is 13.0. The molecule has 0 unspecified atom stereocenters. The number of hydrogen-bond donors (Lipinski definition) is 2. The number of halogens is 1. The minimum absolute atomic E-state index is 0.0858. The SMILES string of the molecule is COc1nnc(Nc2cccc(F)c2)cc1C(=O)O. The van der Waals surface area contributed by atoms with Crippen molar-refractivity contribution in [2.45, 2.75) is 0 Å². The number of carboxylic acids is 1. The molecule has 6 nitrogen and oxygen atoms in total.